The van der Waals surface area contributed by atoms with Crippen LogP contribution < -0.4 is 4.90 Å². The molecule has 2 unspecified atom stereocenters. The summed E-state index contributed by atoms with van der Waals surface area (Å²) in [7, 11) is 0. The van der Waals surface area contributed by atoms with Gasteiger partial charge in [0.1, 0.15) is 12.6 Å². The third-order valence-electron chi connectivity index (χ3n) is 5.83. The Labute approximate surface area is 171 Å². The number of benzene rings is 1. The molecule has 1 aromatic carbocycles. The van der Waals surface area contributed by atoms with E-state index in [1.54, 1.807) is 4.90 Å². The van der Waals surface area contributed by atoms with Crippen LogP contribution in [0.15, 0.2) is 35.7 Å². The molecular formula is C22H29ClNO2S+. The SMILES string of the molecule is CC(C)(CCCCC(c1ccccc1Cl)[NH+]1CCc2sccc2C1)C(=O)O. The average Bonchev–Trinajstić information content (AvgIpc) is 3.10. The highest BCUT2D eigenvalue weighted by molar-refractivity contribution is 7.10. The number of hydrogen-bond acceptors (Lipinski definition) is 2. The molecule has 27 heavy (non-hydrogen) atoms. The van der Waals surface area contributed by atoms with E-state index in [4.69, 9.17) is 11.6 Å². The van der Waals surface area contributed by atoms with Crippen molar-refractivity contribution in [3.05, 3.63) is 56.7 Å². The van der Waals surface area contributed by atoms with Gasteiger partial charge in [-0.25, -0.2) is 0 Å². The van der Waals surface area contributed by atoms with Crippen LogP contribution in [0.1, 0.15) is 61.6 Å². The average molecular weight is 407 g/mol. The lowest BCUT2D eigenvalue weighted by molar-refractivity contribution is -0.947. The van der Waals surface area contributed by atoms with Gasteiger partial charge < -0.3 is 10.0 Å². The van der Waals surface area contributed by atoms with Crippen LogP contribution in [-0.2, 0) is 17.8 Å². The molecule has 2 N–H and O–H groups in total. The van der Waals surface area contributed by atoms with E-state index < -0.39 is 11.4 Å². The van der Waals surface area contributed by atoms with Crippen molar-refractivity contribution in [3.63, 3.8) is 0 Å². The Hall–Kier alpha value is -1.36. The van der Waals surface area contributed by atoms with E-state index in [1.807, 2.05) is 37.3 Å². The topological polar surface area (TPSA) is 41.7 Å². The van der Waals surface area contributed by atoms with Crippen molar-refractivity contribution >= 4 is 28.9 Å². The van der Waals surface area contributed by atoms with E-state index >= 15 is 0 Å². The molecule has 1 aliphatic rings. The fourth-order valence-electron chi connectivity index (χ4n) is 4.01. The summed E-state index contributed by atoms with van der Waals surface area (Å²) in [6.07, 6.45) is 4.83. The van der Waals surface area contributed by atoms with Crippen LogP contribution in [0.3, 0.4) is 0 Å². The van der Waals surface area contributed by atoms with Gasteiger partial charge in [-0.2, -0.15) is 0 Å². The summed E-state index contributed by atoms with van der Waals surface area (Å²) in [5, 5.41) is 12.4. The summed E-state index contributed by atoms with van der Waals surface area (Å²) in [6.45, 7) is 5.81. The van der Waals surface area contributed by atoms with Gasteiger partial charge in [-0.05, 0) is 44.2 Å². The van der Waals surface area contributed by atoms with Crippen molar-refractivity contribution in [2.75, 3.05) is 6.54 Å². The number of nitrogens with one attached hydrogen (secondary N) is 1. The van der Waals surface area contributed by atoms with Gasteiger partial charge >= 0.3 is 5.97 Å². The van der Waals surface area contributed by atoms with Gasteiger partial charge in [0.15, 0.2) is 0 Å². The number of rotatable bonds is 8. The molecule has 0 saturated heterocycles. The first-order chi connectivity index (χ1) is 12.9. The number of halogens is 1. The molecule has 0 saturated carbocycles. The monoisotopic (exact) mass is 406 g/mol. The minimum atomic E-state index is -0.711. The van der Waals surface area contributed by atoms with E-state index in [0.29, 0.717) is 12.5 Å². The van der Waals surface area contributed by atoms with Crippen molar-refractivity contribution < 1.29 is 14.8 Å². The van der Waals surface area contributed by atoms with Crippen LogP contribution in [0.4, 0.5) is 0 Å². The molecule has 5 heteroatoms. The van der Waals surface area contributed by atoms with E-state index in [0.717, 1.165) is 43.8 Å². The molecular weight excluding hydrogens is 378 g/mol. The first-order valence-corrected chi connectivity index (χ1v) is 11.0. The fraction of sp³-hybridized carbons (Fsp3) is 0.500. The Bertz CT molecular complexity index is 786. The second-order valence-corrected chi connectivity index (χ2v) is 9.62. The largest absolute Gasteiger partial charge is 0.481 e. The molecule has 0 amide bonds. The smallest absolute Gasteiger partial charge is 0.309 e. The maximum Gasteiger partial charge on any atom is 0.309 e. The summed E-state index contributed by atoms with van der Waals surface area (Å²) >= 11 is 8.43. The van der Waals surface area contributed by atoms with Crippen LogP contribution in [-0.4, -0.2) is 17.6 Å². The minimum absolute atomic E-state index is 0.361. The third-order valence-corrected chi connectivity index (χ3v) is 7.19. The van der Waals surface area contributed by atoms with Gasteiger partial charge in [0.2, 0.25) is 0 Å². The predicted octanol–water partition coefficient (Wildman–Crippen LogP) is 4.76. The highest BCUT2D eigenvalue weighted by Gasteiger charge is 2.31. The minimum Gasteiger partial charge on any atom is -0.481 e. The molecule has 2 aromatic rings. The second-order valence-electron chi connectivity index (χ2n) is 8.21. The van der Waals surface area contributed by atoms with Crippen LogP contribution in [0.5, 0.6) is 0 Å². The van der Waals surface area contributed by atoms with Gasteiger partial charge in [-0.1, -0.05) is 36.2 Å². The maximum atomic E-state index is 11.3. The second kappa shape index (κ2) is 8.76. The molecule has 0 aliphatic carbocycles. The molecule has 1 aromatic heterocycles. The van der Waals surface area contributed by atoms with Crippen molar-refractivity contribution in [2.45, 2.75) is 58.5 Å². The maximum absolute atomic E-state index is 11.3. The standard InChI is InChI=1S/C22H28ClNO2S/c1-22(2,21(25)26)12-6-5-9-19(17-7-3-4-8-18(17)23)24-13-10-20-16(15-24)11-14-27-20/h3-4,7-8,11,14,19H,5-6,9-10,12-13,15H2,1-2H3,(H,25,26)/p+1. The van der Waals surface area contributed by atoms with E-state index in [1.165, 1.54) is 16.0 Å². The number of aliphatic carboxylic acids is 1. The van der Waals surface area contributed by atoms with Crippen molar-refractivity contribution in [3.8, 4) is 0 Å². The normalized spacial score (nSPS) is 18.1. The highest BCUT2D eigenvalue weighted by Crippen LogP contribution is 2.29. The molecule has 0 bridgehead atoms. The Morgan fingerprint density at radius 1 is 1.30 bits per heavy atom. The van der Waals surface area contributed by atoms with E-state index in [9.17, 15) is 9.90 Å². The van der Waals surface area contributed by atoms with E-state index in [-0.39, 0.29) is 0 Å². The molecule has 1 aliphatic heterocycles. The lowest BCUT2D eigenvalue weighted by Crippen LogP contribution is -3.12. The van der Waals surface area contributed by atoms with Gasteiger partial charge in [-0.15, -0.1) is 11.3 Å². The molecule has 0 fully saturated rings. The van der Waals surface area contributed by atoms with E-state index in [2.05, 4.69) is 23.6 Å². The zero-order valence-electron chi connectivity index (χ0n) is 16.1. The summed E-state index contributed by atoms with van der Waals surface area (Å²) in [5.74, 6) is -0.711. The summed E-state index contributed by atoms with van der Waals surface area (Å²) in [4.78, 5) is 14.4. The molecule has 2 heterocycles. The van der Waals surface area contributed by atoms with Crippen molar-refractivity contribution in [1.82, 2.24) is 0 Å². The first kappa shape index (κ1) is 20.4. The number of carboxylic acid groups (broad SMARTS) is 1. The molecule has 3 rings (SSSR count). The van der Waals surface area contributed by atoms with Gasteiger partial charge in [0.05, 0.1) is 12.0 Å². The number of hydrogen-bond donors (Lipinski definition) is 2. The lowest BCUT2D eigenvalue weighted by atomic mass is 9.86. The highest BCUT2D eigenvalue weighted by atomic mass is 35.5. The van der Waals surface area contributed by atoms with Crippen LogP contribution >= 0.6 is 22.9 Å². The first-order valence-electron chi connectivity index (χ1n) is 9.76. The molecule has 3 nitrogen and oxygen atoms in total. The van der Waals surface area contributed by atoms with Crippen molar-refractivity contribution in [1.29, 1.82) is 0 Å². The summed E-state index contributed by atoms with van der Waals surface area (Å²) < 4.78 is 0. The zero-order valence-corrected chi connectivity index (χ0v) is 17.7. The Morgan fingerprint density at radius 3 is 2.81 bits per heavy atom. The molecule has 0 spiro atoms. The van der Waals surface area contributed by atoms with Gasteiger partial charge in [0, 0.05) is 33.9 Å². The number of quaternary nitrogens is 1. The molecule has 146 valence electrons. The Balaban J connectivity index is 1.70. The Kier molecular flexibility index (Phi) is 6.61. The number of carbonyl (C=O) groups is 1. The fourth-order valence-corrected chi connectivity index (χ4v) is 5.18. The number of unbranched alkanes of at least 4 members (excludes halogenated alkanes) is 1. The number of thiophene rings is 1. The van der Waals surface area contributed by atoms with Gasteiger partial charge in [0.25, 0.3) is 0 Å². The third kappa shape index (κ3) is 4.92. The van der Waals surface area contributed by atoms with Crippen LogP contribution in [0.2, 0.25) is 5.02 Å². The lowest BCUT2D eigenvalue weighted by Gasteiger charge is -2.32. The van der Waals surface area contributed by atoms with Gasteiger partial charge in [-0.3, -0.25) is 4.79 Å². The predicted molar refractivity (Wildman–Crippen MR) is 112 cm³/mol. The van der Waals surface area contributed by atoms with Crippen molar-refractivity contribution in [2.24, 2.45) is 5.41 Å². The van der Waals surface area contributed by atoms with Crippen LogP contribution in [0, 0.1) is 5.41 Å². The summed E-state index contributed by atoms with van der Waals surface area (Å²) in [6, 6.07) is 10.8. The quantitative estimate of drug-likeness (QED) is 0.621. The molecule has 0 radical (unpaired) electrons. The number of fused-ring (bicyclic) bond motifs is 1. The molecule has 2 atom stereocenters. The summed E-state index contributed by atoms with van der Waals surface area (Å²) in [5.41, 5.74) is 2.05. The number of carboxylic acids is 1. The zero-order chi connectivity index (χ0) is 19.4. The Morgan fingerprint density at radius 2 is 2.07 bits per heavy atom. The van der Waals surface area contributed by atoms with Crippen LogP contribution in [0.25, 0.3) is 0 Å².